The van der Waals surface area contributed by atoms with E-state index >= 15 is 0 Å². The predicted octanol–water partition coefficient (Wildman–Crippen LogP) is 1.95. The van der Waals surface area contributed by atoms with Crippen molar-refractivity contribution >= 4 is 11.9 Å². The van der Waals surface area contributed by atoms with Crippen LogP contribution in [0.3, 0.4) is 0 Å². The minimum atomic E-state index is -0.942. The first-order valence-electron chi connectivity index (χ1n) is 7.08. The molecule has 0 spiro atoms. The maximum absolute atomic E-state index is 12.3. The van der Waals surface area contributed by atoms with Gasteiger partial charge in [0.1, 0.15) is 6.04 Å². The van der Waals surface area contributed by atoms with Crippen molar-refractivity contribution in [2.24, 2.45) is 5.41 Å². The van der Waals surface area contributed by atoms with Crippen molar-refractivity contribution in [1.29, 1.82) is 0 Å². The summed E-state index contributed by atoms with van der Waals surface area (Å²) in [7, 11) is 1.62. The normalized spacial score (nSPS) is 18.4. The van der Waals surface area contributed by atoms with E-state index in [0.29, 0.717) is 19.4 Å². The first-order valence-corrected chi connectivity index (χ1v) is 7.08. The van der Waals surface area contributed by atoms with Gasteiger partial charge in [0.15, 0.2) is 0 Å². The number of carbonyl (C=O) groups is 2. The summed E-state index contributed by atoms with van der Waals surface area (Å²) in [6.07, 6.45) is 5.61. The van der Waals surface area contributed by atoms with Gasteiger partial charge in [-0.3, -0.25) is 4.79 Å². The van der Waals surface area contributed by atoms with Crippen LogP contribution in [0.25, 0.3) is 0 Å². The van der Waals surface area contributed by atoms with E-state index in [1.54, 1.807) is 7.11 Å². The van der Waals surface area contributed by atoms with Crippen molar-refractivity contribution in [3.05, 3.63) is 0 Å². The van der Waals surface area contributed by atoms with Crippen LogP contribution >= 0.6 is 0 Å². The lowest BCUT2D eigenvalue weighted by Gasteiger charge is -2.40. The van der Waals surface area contributed by atoms with Crippen molar-refractivity contribution < 1.29 is 19.4 Å². The largest absolute Gasteiger partial charge is 0.480 e. The number of carboxylic acid groups (broad SMARTS) is 1. The Balaban J connectivity index is 2.56. The standard InChI is InChI=1S/C14H25NO4/c1-3-4-6-11(12(16)17)15-13(18)14(7-5-8-14)9-10-19-2/h11H,3-10H2,1-2H3,(H,15,18)(H,16,17). The molecule has 5 heteroatoms. The lowest BCUT2D eigenvalue weighted by atomic mass is 9.66. The molecule has 0 radical (unpaired) electrons. The highest BCUT2D eigenvalue weighted by atomic mass is 16.5. The summed E-state index contributed by atoms with van der Waals surface area (Å²) >= 11 is 0. The topological polar surface area (TPSA) is 75.6 Å². The van der Waals surface area contributed by atoms with Gasteiger partial charge in [0.2, 0.25) is 5.91 Å². The fourth-order valence-corrected chi connectivity index (χ4v) is 2.47. The van der Waals surface area contributed by atoms with E-state index in [2.05, 4.69) is 5.32 Å². The minimum absolute atomic E-state index is 0.112. The van der Waals surface area contributed by atoms with Gasteiger partial charge >= 0.3 is 5.97 Å². The molecule has 1 fully saturated rings. The van der Waals surface area contributed by atoms with E-state index in [1.165, 1.54) is 0 Å². The number of amides is 1. The van der Waals surface area contributed by atoms with Gasteiger partial charge in [0, 0.05) is 13.7 Å². The zero-order valence-corrected chi connectivity index (χ0v) is 11.9. The second-order valence-electron chi connectivity index (χ2n) is 5.38. The van der Waals surface area contributed by atoms with Gasteiger partial charge < -0.3 is 15.2 Å². The van der Waals surface area contributed by atoms with Crippen LogP contribution < -0.4 is 5.32 Å². The molecule has 1 aliphatic rings. The van der Waals surface area contributed by atoms with Crippen LogP contribution in [0, 0.1) is 5.41 Å². The molecule has 0 aromatic rings. The van der Waals surface area contributed by atoms with E-state index in [4.69, 9.17) is 9.84 Å². The van der Waals surface area contributed by atoms with Gasteiger partial charge in [-0.2, -0.15) is 0 Å². The number of unbranched alkanes of at least 4 members (excludes halogenated alkanes) is 1. The molecule has 0 aromatic carbocycles. The number of hydrogen-bond acceptors (Lipinski definition) is 3. The van der Waals surface area contributed by atoms with E-state index < -0.39 is 17.4 Å². The fraction of sp³-hybridized carbons (Fsp3) is 0.857. The molecule has 5 nitrogen and oxygen atoms in total. The summed E-state index contributed by atoms with van der Waals surface area (Å²) in [6, 6.07) is -0.757. The van der Waals surface area contributed by atoms with Crippen LogP contribution in [-0.2, 0) is 14.3 Å². The van der Waals surface area contributed by atoms with Crippen LogP contribution in [-0.4, -0.2) is 36.7 Å². The third-order valence-electron chi connectivity index (χ3n) is 4.03. The van der Waals surface area contributed by atoms with Crippen LogP contribution in [0.2, 0.25) is 0 Å². The molecule has 0 saturated heterocycles. The molecule has 1 atom stereocenters. The number of carboxylic acids is 1. The predicted molar refractivity (Wildman–Crippen MR) is 71.9 cm³/mol. The molecule has 1 amide bonds. The summed E-state index contributed by atoms with van der Waals surface area (Å²) in [5.41, 5.74) is -0.393. The summed E-state index contributed by atoms with van der Waals surface area (Å²) in [5.74, 6) is -1.05. The Hall–Kier alpha value is -1.10. The number of aliphatic carboxylic acids is 1. The fourth-order valence-electron chi connectivity index (χ4n) is 2.47. The lowest BCUT2D eigenvalue weighted by molar-refractivity contribution is -0.146. The van der Waals surface area contributed by atoms with E-state index in [0.717, 1.165) is 32.1 Å². The van der Waals surface area contributed by atoms with Gasteiger partial charge in [-0.25, -0.2) is 4.79 Å². The van der Waals surface area contributed by atoms with Crippen molar-refractivity contribution in [2.45, 2.75) is 57.9 Å². The Labute approximate surface area is 114 Å². The zero-order chi connectivity index (χ0) is 14.3. The zero-order valence-electron chi connectivity index (χ0n) is 11.9. The average molecular weight is 271 g/mol. The lowest BCUT2D eigenvalue weighted by Crippen LogP contribution is -2.51. The minimum Gasteiger partial charge on any atom is -0.480 e. The SMILES string of the molecule is CCCCC(NC(=O)C1(CCOC)CCC1)C(=O)O. The van der Waals surface area contributed by atoms with Gasteiger partial charge in [0.05, 0.1) is 5.41 Å². The van der Waals surface area contributed by atoms with Crippen LogP contribution in [0.4, 0.5) is 0 Å². The Morgan fingerprint density at radius 2 is 2.11 bits per heavy atom. The molecule has 2 N–H and O–H groups in total. The quantitative estimate of drug-likeness (QED) is 0.672. The first kappa shape index (κ1) is 16.0. The van der Waals surface area contributed by atoms with Gasteiger partial charge in [-0.05, 0) is 25.7 Å². The molecule has 0 aliphatic heterocycles. The van der Waals surface area contributed by atoms with E-state index in [9.17, 15) is 9.59 Å². The molecule has 19 heavy (non-hydrogen) atoms. The van der Waals surface area contributed by atoms with Crippen LogP contribution in [0.15, 0.2) is 0 Å². The number of carbonyl (C=O) groups excluding carboxylic acids is 1. The molecule has 0 heterocycles. The molecule has 110 valence electrons. The average Bonchev–Trinajstić information content (AvgIpc) is 2.32. The smallest absolute Gasteiger partial charge is 0.326 e. The molecule has 1 rings (SSSR count). The monoisotopic (exact) mass is 271 g/mol. The molecule has 0 aromatic heterocycles. The highest BCUT2D eigenvalue weighted by Gasteiger charge is 2.44. The molecule has 1 saturated carbocycles. The molecular formula is C14H25NO4. The van der Waals surface area contributed by atoms with Crippen LogP contribution in [0.1, 0.15) is 51.9 Å². The highest BCUT2D eigenvalue weighted by molar-refractivity contribution is 5.88. The van der Waals surface area contributed by atoms with Gasteiger partial charge in [0.25, 0.3) is 0 Å². The summed E-state index contributed by atoms with van der Waals surface area (Å²) in [4.78, 5) is 23.4. The second-order valence-corrected chi connectivity index (χ2v) is 5.38. The van der Waals surface area contributed by atoms with E-state index in [-0.39, 0.29) is 5.91 Å². The van der Waals surface area contributed by atoms with Crippen molar-refractivity contribution in [3.8, 4) is 0 Å². The molecule has 1 aliphatic carbocycles. The Morgan fingerprint density at radius 1 is 1.42 bits per heavy atom. The Bertz CT molecular complexity index is 313. The number of hydrogen-bond donors (Lipinski definition) is 2. The third-order valence-corrected chi connectivity index (χ3v) is 4.03. The third kappa shape index (κ3) is 4.20. The highest BCUT2D eigenvalue weighted by Crippen LogP contribution is 2.44. The number of rotatable bonds is 9. The Morgan fingerprint density at radius 3 is 2.53 bits per heavy atom. The number of methoxy groups -OCH3 is 1. The summed E-state index contributed by atoms with van der Waals surface area (Å²) < 4.78 is 5.04. The molecule has 1 unspecified atom stereocenters. The summed E-state index contributed by atoms with van der Waals surface area (Å²) in [6.45, 7) is 2.55. The molecular weight excluding hydrogens is 246 g/mol. The molecule has 0 bridgehead atoms. The van der Waals surface area contributed by atoms with Crippen molar-refractivity contribution in [1.82, 2.24) is 5.32 Å². The van der Waals surface area contributed by atoms with Gasteiger partial charge in [-0.15, -0.1) is 0 Å². The van der Waals surface area contributed by atoms with Crippen molar-refractivity contribution in [3.63, 3.8) is 0 Å². The van der Waals surface area contributed by atoms with Crippen LogP contribution in [0.5, 0.6) is 0 Å². The van der Waals surface area contributed by atoms with Crippen molar-refractivity contribution in [2.75, 3.05) is 13.7 Å². The maximum atomic E-state index is 12.3. The number of nitrogens with one attached hydrogen (secondary N) is 1. The first-order chi connectivity index (χ1) is 9.05. The van der Waals surface area contributed by atoms with E-state index in [1.807, 2.05) is 6.92 Å². The van der Waals surface area contributed by atoms with Gasteiger partial charge in [-0.1, -0.05) is 26.2 Å². The Kier molecular flexibility index (Phi) is 6.28. The summed E-state index contributed by atoms with van der Waals surface area (Å²) in [5, 5.41) is 11.9. The number of ether oxygens (including phenoxy) is 1. The second kappa shape index (κ2) is 7.48. The maximum Gasteiger partial charge on any atom is 0.326 e.